The second kappa shape index (κ2) is 11.2. The molecular formula is C26H32N2O5S. The molecule has 34 heavy (non-hydrogen) atoms. The zero-order valence-corrected chi connectivity index (χ0v) is 20.6. The minimum absolute atomic E-state index is 0.133. The van der Waals surface area contributed by atoms with Crippen molar-refractivity contribution in [1.29, 1.82) is 0 Å². The molecule has 4 rings (SSSR count). The normalized spacial score (nSPS) is 19.3. The molecule has 1 fully saturated rings. The number of ketones is 1. The first-order valence-corrected chi connectivity index (χ1v) is 12.7. The van der Waals surface area contributed by atoms with Crippen LogP contribution in [0.5, 0.6) is 5.75 Å². The summed E-state index contributed by atoms with van der Waals surface area (Å²) in [4.78, 5) is 30.9. The van der Waals surface area contributed by atoms with Crippen molar-refractivity contribution in [2.75, 3.05) is 46.0 Å². The average Bonchev–Trinajstić information content (AvgIpc) is 3.46. The number of rotatable bonds is 10. The van der Waals surface area contributed by atoms with Gasteiger partial charge in [-0.1, -0.05) is 32.0 Å². The lowest BCUT2D eigenvalue weighted by Crippen LogP contribution is -2.43. The number of aliphatic hydroxyl groups excluding tert-OH is 1. The maximum absolute atomic E-state index is 13.4. The van der Waals surface area contributed by atoms with Gasteiger partial charge in [0, 0.05) is 26.2 Å². The first-order chi connectivity index (χ1) is 16.5. The first-order valence-electron chi connectivity index (χ1n) is 11.8. The van der Waals surface area contributed by atoms with E-state index in [1.807, 2.05) is 29.6 Å². The lowest BCUT2D eigenvalue weighted by molar-refractivity contribution is -0.129. The highest BCUT2D eigenvalue weighted by atomic mass is 32.1. The van der Waals surface area contributed by atoms with Gasteiger partial charge in [-0.3, -0.25) is 14.5 Å². The van der Waals surface area contributed by atoms with E-state index in [0.29, 0.717) is 49.5 Å². The smallest absolute Gasteiger partial charge is 0.290 e. The van der Waals surface area contributed by atoms with Crippen molar-refractivity contribution in [3.8, 4) is 5.75 Å². The van der Waals surface area contributed by atoms with Gasteiger partial charge in [0.25, 0.3) is 5.91 Å². The van der Waals surface area contributed by atoms with Crippen LogP contribution in [0.25, 0.3) is 0 Å². The van der Waals surface area contributed by atoms with Gasteiger partial charge in [-0.2, -0.15) is 0 Å². The van der Waals surface area contributed by atoms with Crippen LogP contribution in [0.3, 0.4) is 0 Å². The molecule has 1 saturated heterocycles. The molecule has 182 valence electrons. The molecule has 0 saturated carbocycles. The fraction of sp³-hybridized carbons (Fsp3) is 0.462. The number of Topliss-reactive ketones (excluding diaryl/α,β-unsaturated/α-hetero) is 1. The molecule has 1 atom stereocenters. The zero-order chi connectivity index (χ0) is 24.1. The van der Waals surface area contributed by atoms with Crippen molar-refractivity contribution < 1.29 is 24.2 Å². The van der Waals surface area contributed by atoms with Gasteiger partial charge in [0.2, 0.25) is 5.78 Å². The third-order valence-electron chi connectivity index (χ3n) is 6.19. The van der Waals surface area contributed by atoms with Crippen molar-refractivity contribution in [1.82, 2.24) is 9.80 Å². The third kappa shape index (κ3) is 5.51. The molecule has 0 aliphatic carbocycles. The molecule has 1 aromatic heterocycles. The van der Waals surface area contributed by atoms with Gasteiger partial charge in [-0.25, -0.2) is 0 Å². The molecule has 8 heteroatoms. The summed E-state index contributed by atoms with van der Waals surface area (Å²) in [5.74, 6) is -0.0686. The highest BCUT2D eigenvalue weighted by Gasteiger charge is 2.44. The van der Waals surface area contributed by atoms with Crippen LogP contribution in [0.15, 0.2) is 53.1 Å². The SMILES string of the molecule is CC(C)CCOc1cccc(C2C(C(=O)c3cccs3)=C(O)C(=O)N2CCN2CCOCC2)c1. The molecule has 2 aromatic rings. The second-order valence-corrected chi connectivity index (χ2v) is 9.97. The van der Waals surface area contributed by atoms with Crippen LogP contribution < -0.4 is 4.74 Å². The number of benzene rings is 1. The lowest BCUT2D eigenvalue weighted by atomic mass is 9.95. The Bertz CT molecular complexity index is 1030. The molecule has 7 nitrogen and oxygen atoms in total. The average molecular weight is 485 g/mol. The summed E-state index contributed by atoms with van der Waals surface area (Å²) in [6.07, 6.45) is 0.931. The predicted octanol–water partition coefficient (Wildman–Crippen LogP) is 4.08. The maximum Gasteiger partial charge on any atom is 0.290 e. The van der Waals surface area contributed by atoms with Gasteiger partial charge in [0.05, 0.1) is 36.3 Å². The Hall–Kier alpha value is -2.68. The van der Waals surface area contributed by atoms with E-state index in [1.54, 1.807) is 17.0 Å². The van der Waals surface area contributed by atoms with E-state index in [4.69, 9.17) is 9.47 Å². The van der Waals surface area contributed by atoms with Crippen molar-refractivity contribution in [2.24, 2.45) is 5.92 Å². The lowest BCUT2D eigenvalue weighted by Gasteiger charge is -2.31. The quantitative estimate of drug-likeness (QED) is 0.512. The van der Waals surface area contributed by atoms with E-state index in [0.717, 1.165) is 25.1 Å². The summed E-state index contributed by atoms with van der Waals surface area (Å²) >= 11 is 1.30. The number of hydrogen-bond donors (Lipinski definition) is 1. The van der Waals surface area contributed by atoms with Crippen LogP contribution in [0.2, 0.25) is 0 Å². The Kier molecular flexibility index (Phi) is 8.03. The standard InChI is InChI=1S/C26H32N2O5S/c1-18(2)8-13-33-20-6-3-5-19(17-20)23-22(24(29)21-7-4-16-34-21)25(30)26(31)28(23)10-9-27-11-14-32-15-12-27/h3-7,16-18,23,30H,8-15H2,1-2H3. The van der Waals surface area contributed by atoms with E-state index >= 15 is 0 Å². The van der Waals surface area contributed by atoms with Crippen LogP contribution in [0.4, 0.5) is 0 Å². The number of carbonyl (C=O) groups excluding carboxylic acids is 2. The van der Waals surface area contributed by atoms with Crippen molar-refractivity contribution in [3.05, 3.63) is 63.6 Å². The van der Waals surface area contributed by atoms with Crippen LogP contribution in [0.1, 0.15) is 41.5 Å². The van der Waals surface area contributed by atoms with E-state index in [2.05, 4.69) is 18.7 Å². The van der Waals surface area contributed by atoms with E-state index in [1.165, 1.54) is 11.3 Å². The van der Waals surface area contributed by atoms with Crippen LogP contribution in [0, 0.1) is 5.92 Å². The molecule has 0 radical (unpaired) electrons. The van der Waals surface area contributed by atoms with Crippen LogP contribution >= 0.6 is 11.3 Å². The Morgan fingerprint density at radius 3 is 2.71 bits per heavy atom. The number of hydrogen-bond acceptors (Lipinski definition) is 7. The van der Waals surface area contributed by atoms with Crippen molar-refractivity contribution in [3.63, 3.8) is 0 Å². The minimum Gasteiger partial charge on any atom is -0.503 e. The Morgan fingerprint density at radius 2 is 2.00 bits per heavy atom. The molecule has 0 bridgehead atoms. The summed E-state index contributed by atoms with van der Waals surface area (Å²) in [7, 11) is 0. The first kappa shape index (κ1) is 24.4. The monoisotopic (exact) mass is 484 g/mol. The van der Waals surface area contributed by atoms with Crippen molar-refractivity contribution >= 4 is 23.0 Å². The fourth-order valence-electron chi connectivity index (χ4n) is 4.26. The number of nitrogens with zero attached hydrogens (tertiary/aromatic N) is 2. The number of carbonyl (C=O) groups is 2. The number of ether oxygens (including phenoxy) is 2. The van der Waals surface area contributed by atoms with Crippen LogP contribution in [-0.2, 0) is 9.53 Å². The molecule has 0 spiro atoms. The Morgan fingerprint density at radius 1 is 1.21 bits per heavy atom. The minimum atomic E-state index is -0.670. The van der Waals surface area contributed by atoms with Gasteiger partial charge in [-0.15, -0.1) is 11.3 Å². The van der Waals surface area contributed by atoms with Crippen molar-refractivity contribution in [2.45, 2.75) is 26.3 Å². The molecular weight excluding hydrogens is 452 g/mol. The molecule has 1 unspecified atom stereocenters. The van der Waals surface area contributed by atoms with E-state index in [9.17, 15) is 14.7 Å². The van der Waals surface area contributed by atoms with Gasteiger partial charge in [0.15, 0.2) is 5.76 Å². The largest absolute Gasteiger partial charge is 0.503 e. The second-order valence-electron chi connectivity index (χ2n) is 9.03. The number of thiophene rings is 1. The summed E-state index contributed by atoms with van der Waals surface area (Å²) in [5.41, 5.74) is 0.884. The fourth-order valence-corrected chi connectivity index (χ4v) is 4.94. The summed E-state index contributed by atoms with van der Waals surface area (Å²) in [6.45, 7) is 8.85. The highest BCUT2D eigenvalue weighted by molar-refractivity contribution is 7.12. The topological polar surface area (TPSA) is 79.3 Å². The molecule has 2 aliphatic rings. The number of morpholine rings is 1. The Labute approximate surface area is 204 Å². The zero-order valence-electron chi connectivity index (χ0n) is 19.7. The summed E-state index contributed by atoms with van der Waals surface area (Å²) in [6, 6.07) is 10.3. The van der Waals surface area contributed by atoms with E-state index < -0.39 is 17.7 Å². The number of aliphatic hydroxyl groups is 1. The highest BCUT2D eigenvalue weighted by Crippen LogP contribution is 2.40. The maximum atomic E-state index is 13.4. The van der Waals surface area contributed by atoms with Crippen LogP contribution in [-0.4, -0.2) is 72.6 Å². The molecule has 3 heterocycles. The summed E-state index contributed by atoms with van der Waals surface area (Å²) in [5, 5.41) is 12.7. The Balaban J connectivity index is 1.63. The summed E-state index contributed by atoms with van der Waals surface area (Å²) < 4.78 is 11.4. The third-order valence-corrected chi connectivity index (χ3v) is 7.06. The number of amides is 1. The molecule has 2 aliphatic heterocycles. The van der Waals surface area contributed by atoms with E-state index in [-0.39, 0.29) is 11.4 Å². The van der Waals surface area contributed by atoms with Gasteiger partial charge in [0.1, 0.15) is 5.75 Å². The predicted molar refractivity (Wildman–Crippen MR) is 131 cm³/mol. The van der Waals surface area contributed by atoms with Gasteiger partial charge < -0.3 is 19.5 Å². The molecule has 1 aromatic carbocycles. The molecule has 1 N–H and O–H groups in total. The molecule has 1 amide bonds. The van der Waals surface area contributed by atoms with Gasteiger partial charge in [-0.05, 0) is 41.5 Å². The van der Waals surface area contributed by atoms with Gasteiger partial charge >= 0.3 is 0 Å².